The van der Waals surface area contributed by atoms with Crippen molar-refractivity contribution in [1.82, 2.24) is 4.90 Å². The fraction of sp³-hybridized carbons (Fsp3) is 0.172. The average Bonchev–Trinajstić information content (AvgIpc) is 2.84. The van der Waals surface area contributed by atoms with E-state index in [1.807, 2.05) is 0 Å². The van der Waals surface area contributed by atoms with E-state index in [0.29, 0.717) is 0 Å². The summed E-state index contributed by atoms with van der Waals surface area (Å²) in [6.45, 7) is 1.77. The third-order valence-electron chi connectivity index (χ3n) is 5.72. The van der Waals surface area contributed by atoms with Crippen LogP contribution in [-0.4, -0.2) is 10.9 Å². The minimum atomic E-state index is 0.105. The van der Waals surface area contributed by atoms with Crippen LogP contribution in [0, 0.1) is 0 Å². The van der Waals surface area contributed by atoms with Crippen LogP contribution in [0.1, 0.15) is 27.5 Å². The second-order valence-electron chi connectivity index (χ2n) is 7.99. The standard InChI is InChI=1S/C29H29NS/c31-29(27-19-11-4-12-20-27)28(21-24-13-5-1-6-14-24)30(22-25-15-7-2-8-16-25)23-26-17-9-3-10-18-26/h1-20,28-29,31H,21-23H2/t28-,29+/m0/s1. The Kier molecular flexibility index (Phi) is 7.60. The van der Waals surface area contributed by atoms with Crippen LogP contribution in [0.15, 0.2) is 121 Å². The van der Waals surface area contributed by atoms with Crippen molar-refractivity contribution >= 4 is 12.6 Å². The number of hydrogen-bond donors (Lipinski definition) is 1. The molecule has 2 heteroatoms. The van der Waals surface area contributed by atoms with E-state index in [1.54, 1.807) is 0 Å². The van der Waals surface area contributed by atoms with Crippen molar-refractivity contribution in [3.63, 3.8) is 0 Å². The molecule has 0 radical (unpaired) electrons. The summed E-state index contributed by atoms with van der Waals surface area (Å²) in [7, 11) is 0. The number of benzene rings is 4. The first-order valence-electron chi connectivity index (χ1n) is 10.9. The molecule has 0 aliphatic heterocycles. The molecule has 4 rings (SSSR count). The van der Waals surface area contributed by atoms with E-state index in [2.05, 4.69) is 126 Å². The maximum Gasteiger partial charge on any atom is 0.0426 e. The Bertz CT molecular complexity index is 978. The minimum absolute atomic E-state index is 0.105. The van der Waals surface area contributed by atoms with E-state index < -0.39 is 0 Å². The van der Waals surface area contributed by atoms with Gasteiger partial charge in [0.15, 0.2) is 0 Å². The quantitative estimate of drug-likeness (QED) is 0.284. The van der Waals surface area contributed by atoms with Crippen LogP contribution < -0.4 is 0 Å². The van der Waals surface area contributed by atoms with E-state index in [4.69, 9.17) is 12.6 Å². The topological polar surface area (TPSA) is 3.24 Å². The molecule has 156 valence electrons. The summed E-state index contributed by atoms with van der Waals surface area (Å²) in [6, 6.07) is 43.2. The van der Waals surface area contributed by atoms with Gasteiger partial charge in [-0.3, -0.25) is 4.90 Å². The van der Waals surface area contributed by atoms with Gasteiger partial charge in [0.05, 0.1) is 0 Å². The molecule has 0 saturated heterocycles. The summed E-state index contributed by atoms with van der Waals surface area (Å²) in [6.07, 6.45) is 0.948. The predicted molar refractivity (Wildman–Crippen MR) is 134 cm³/mol. The Labute approximate surface area is 191 Å². The zero-order valence-corrected chi connectivity index (χ0v) is 18.6. The molecule has 0 N–H and O–H groups in total. The summed E-state index contributed by atoms with van der Waals surface area (Å²) < 4.78 is 0. The van der Waals surface area contributed by atoms with Gasteiger partial charge in [-0.15, -0.1) is 0 Å². The van der Waals surface area contributed by atoms with E-state index in [1.165, 1.54) is 22.3 Å². The SMILES string of the molecule is S[C@H](c1ccccc1)[C@H](Cc1ccccc1)N(Cc1ccccc1)Cc1ccccc1. The molecule has 0 aliphatic rings. The molecule has 0 aromatic heterocycles. The van der Waals surface area contributed by atoms with Gasteiger partial charge in [0.25, 0.3) is 0 Å². The maximum absolute atomic E-state index is 5.18. The van der Waals surface area contributed by atoms with Crippen LogP contribution in [0.4, 0.5) is 0 Å². The summed E-state index contributed by atoms with van der Waals surface area (Å²) in [5, 5.41) is 0.105. The first-order chi connectivity index (χ1) is 15.3. The van der Waals surface area contributed by atoms with E-state index in [-0.39, 0.29) is 11.3 Å². The van der Waals surface area contributed by atoms with Gasteiger partial charge >= 0.3 is 0 Å². The van der Waals surface area contributed by atoms with Crippen molar-refractivity contribution in [3.8, 4) is 0 Å². The third-order valence-corrected chi connectivity index (χ3v) is 6.36. The fourth-order valence-electron chi connectivity index (χ4n) is 4.09. The maximum atomic E-state index is 5.18. The molecule has 0 saturated carbocycles. The van der Waals surface area contributed by atoms with Crippen molar-refractivity contribution in [2.24, 2.45) is 0 Å². The van der Waals surface area contributed by atoms with Gasteiger partial charge in [-0.2, -0.15) is 12.6 Å². The van der Waals surface area contributed by atoms with Gasteiger partial charge in [0.2, 0.25) is 0 Å². The first kappa shape index (κ1) is 21.4. The Morgan fingerprint density at radius 1 is 0.516 bits per heavy atom. The highest BCUT2D eigenvalue weighted by molar-refractivity contribution is 7.80. The summed E-state index contributed by atoms with van der Waals surface area (Å²) in [5.41, 5.74) is 5.25. The number of thiol groups is 1. The molecule has 0 unspecified atom stereocenters. The van der Waals surface area contributed by atoms with E-state index in [9.17, 15) is 0 Å². The number of rotatable bonds is 9. The minimum Gasteiger partial charge on any atom is -0.290 e. The normalized spacial score (nSPS) is 13.1. The van der Waals surface area contributed by atoms with Gasteiger partial charge in [-0.1, -0.05) is 121 Å². The lowest BCUT2D eigenvalue weighted by Crippen LogP contribution is -2.39. The molecule has 4 aromatic rings. The number of hydrogen-bond acceptors (Lipinski definition) is 2. The molecule has 2 atom stereocenters. The largest absolute Gasteiger partial charge is 0.290 e. The third kappa shape index (κ3) is 6.10. The van der Waals surface area contributed by atoms with E-state index >= 15 is 0 Å². The van der Waals surface area contributed by atoms with Crippen molar-refractivity contribution < 1.29 is 0 Å². The lowest BCUT2D eigenvalue weighted by atomic mass is 9.95. The summed E-state index contributed by atoms with van der Waals surface area (Å²) in [5.74, 6) is 0. The van der Waals surface area contributed by atoms with Crippen LogP contribution in [0.3, 0.4) is 0 Å². The van der Waals surface area contributed by atoms with E-state index in [0.717, 1.165) is 19.5 Å². The zero-order chi connectivity index (χ0) is 21.3. The molecule has 0 bridgehead atoms. The fourth-order valence-corrected chi connectivity index (χ4v) is 4.56. The Balaban J connectivity index is 1.70. The Morgan fingerprint density at radius 2 is 0.903 bits per heavy atom. The molecule has 0 spiro atoms. The molecule has 4 aromatic carbocycles. The van der Waals surface area contributed by atoms with Crippen LogP contribution >= 0.6 is 12.6 Å². The van der Waals surface area contributed by atoms with Crippen molar-refractivity contribution in [1.29, 1.82) is 0 Å². The van der Waals surface area contributed by atoms with Gasteiger partial charge < -0.3 is 0 Å². The first-order valence-corrected chi connectivity index (χ1v) is 11.4. The second kappa shape index (κ2) is 11.0. The van der Waals surface area contributed by atoms with Crippen molar-refractivity contribution in [3.05, 3.63) is 144 Å². The average molecular weight is 424 g/mol. The predicted octanol–water partition coefficient (Wildman–Crippen LogP) is 6.97. The Morgan fingerprint density at radius 3 is 1.35 bits per heavy atom. The lowest BCUT2D eigenvalue weighted by Gasteiger charge is -2.36. The van der Waals surface area contributed by atoms with Crippen LogP contribution in [0.25, 0.3) is 0 Å². The molecule has 0 aliphatic carbocycles. The van der Waals surface area contributed by atoms with Crippen molar-refractivity contribution in [2.45, 2.75) is 30.8 Å². The van der Waals surface area contributed by atoms with Gasteiger partial charge in [0, 0.05) is 24.4 Å². The Hall–Kier alpha value is -2.81. The molecular weight excluding hydrogens is 394 g/mol. The van der Waals surface area contributed by atoms with Crippen LogP contribution in [0.2, 0.25) is 0 Å². The zero-order valence-electron chi connectivity index (χ0n) is 17.7. The second-order valence-corrected chi connectivity index (χ2v) is 8.55. The summed E-state index contributed by atoms with van der Waals surface area (Å²) >= 11 is 5.18. The molecule has 0 fully saturated rings. The monoisotopic (exact) mass is 423 g/mol. The highest BCUT2D eigenvalue weighted by atomic mass is 32.1. The highest BCUT2D eigenvalue weighted by Crippen LogP contribution is 2.32. The molecular formula is C29H29NS. The van der Waals surface area contributed by atoms with Crippen LogP contribution in [-0.2, 0) is 19.5 Å². The van der Waals surface area contributed by atoms with Crippen LogP contribution in [0.5, 0.6) is 0 Å². The molecule has 1 nitrogen and oxygen atoms in total. The lowest BCUT2D eigenvalue weighted by molar-refractivity contribution is 0.173. The molecule has 0 amide bonds. The van der Waals surface area contributed by atoms with Gasteiger partial charge in [-0.25, -0.2) is 0 Å². The molecule has 31 heavy (non-hydrogen) atoms. The molecule has 0 heterocycles. The smallest absolute Gasteiger partial charge is 0.0426 e. The highest BCUT2D eigenvalue weighted by Gasteiger charge is 2.27. The van der Waals surface area contributed by atoms with Crippen molar-refractivity contribution in [2.75, 3.05) is 0 Å². The van der Waals surface area contributed by atoms with Gasteiger partial charge in [-0.05, 0) is 28.7 Å². The summed E-state index contributed by atoms with van der Waals surface area (Å²) in [4.78, 5) is 2.59. The van der Waals surface area contributed by atoms with Gasteiger partial charge in [0.1, 0.15) is 0 Å². The number of nitrogens with zero attached hydrogens (tertiary/aromatic N) is 1.